The van der Waals surface area contributed by atoms with Gasteiger partial charge in [0.15, 0.2) is 12.4 Å². The highest BCUT2D eigenvalue weighted by molar-refractivity contribution is 6.18. The van der Waals surface area contributed by atoms with Gasteiger partial charge in [0.25, 0.3) is 0 Å². The van der Waals surface area contributed by atoms with E-state index in [9.17, 15) is 0 Å². The Bertz CT molecular complexity index is 430. The molecule has 1 atom stereocenters. The molecule has 192 valence electrons. The fourth-order valence-corrected chi connectivity index (χ4v) is 5.20. The van der Waals surface area contributed by atoms with Gasteiger partial charge in [0, 0.05) is 0 Å². The lowest BCUT2D eigenvalue weighted by molar-refractivity contribution is 0.371. The minimum absolute atomic E-state index is 0.978. The van der Waals surface area contributed by atoms with E-state index in [0.717, 1.165) is 18.5 Å². The molecule has 1 rings (SSSR count). The van der Waals surface area contributed by atoms with Crippen molar-refractivity contribution in [3.05, 3.63) is 6.17 Å². The van der Waals surface area contributed by atoms with Crippen molar-refractivity contribution in [3.63, 3.8) is 0 Å². The third-order valence-corrected chi connectivity index (χ3v) is 7.46. The third kappa shape index (κ3) is 20.3. The molecule has 0 aromatic rings. The van der Waals surface area contributed by atoms with E-state index in [1.54, 1.807) is 0 Å². The molecule has 0 amide bonds. The van der Waals surface area contributed by atoms with Crippen LogP contribution in [0.1, 0.15) is 174 Å². The highest BCUT2D eigenvalue weighted by Crippen LogP contribution is 2.25. The van der Waals surface area contributed by atoms with Crippen molar-refractivity contribution in [3.8, 4) is 0 Å². The highest BCUT2D eigenvalue weighted by atomic mass is 15.0. The Hall–Kier alpha value is -0.790. The van der Waals surface area contributed by atoms with E-state index >= 15 is 0 Å². The normalized spacial score (nSPS) is 13.9. The zero-order valence-corrected chi connectivity index (χ0v) is 22.8. The molecule has 0 saturated heterocycles. The van der Waals surface area contributed by atoms with Gasteiger partial charge in [-0.3, -0.25) is 0 Å². The Labute approximate surface area is 208 Å². The lowest BCUT2D eigenvalue weighted by Crippen LogP contribution is -2.01. The van der Waals surface area contributed by atoms with Crippen LogP contribution in [-0.2, 0) is 0 Å². The first-order valence-corrected chi connectivity index (χ1v) is 15.3. The van der Waals surface area contributed by atoms with Crippen molar-refractivity contribution >= 4 is 12.4 Å². The van der Waals surface area contributed by atoms with Gasteiger partial charge >= 0.3 is 0 Å². The summed E-state index contributed by atoms with van der Waals surface area (Å²) >= 11 is 0. The quantitative estimate of drug-likeness (QED) is 0.0907. The molecule has 0 aromatic heterocycles. The van der Waals surface area contributed by atoms with Gasteiger partial charge in [0.1, 0.15) is 0 Å². The van der Waals surface area contributed by atoms with Gasteiger partial charge in [-0.25, -0.2) is 0 Å². The van der Waals surface area contributed by atoms with Crippen molar-refractivity contribution in [1.29, 1.82) is 0 Å². The maximum atomic E-state index is 4.28. The van der Waals surface area contributed by atoms with Crippen LogP contribution in [0.2, 0.25) is 0 Å². The predicted molar refractivity (Wildman–Crippen MR) is 150 cm³/mol. The Morgan fingerprint density at radius 2 is 0.818 bits per heavy atom. The maximum Gasteiger partial charge on any atom is 0.240 e. The molecule has 0 radical (unpaired) electrons. The van der Waals surface area contributed by atoms with Gasteiger partial charge in [-0.2, -0.15) is 0 Å². The van der Waals surface area contributed by atoms with Crippen LogP contribution < -0.4 is 0 Å². The second kappa shape index (κ2) is 24.3. The van der Waals surface area contributed by atoms with Crippen molar-refractivity contribution in [2.45, 2.75) is 174 Å². The molecule has 1 unspecified atom stereocenters. The van der Waals surface area contributed by atoms with Crippen molar-refractivity contribution in [2.24, 2.45) is 15.9 Å². The topological polar surface area (TPSA) is 24.7 Å². The van der Waals surface area contributed by atoms with E-state index in [2.05, 4.69) is 23.8 Å². The van der Waals surface area contributed by atoms with Crippen LogP contribution in [0.3, 0.4) is 0 Å². The molecular weight excluding hydrogens is 400 g/mol. The monoisotopic (exact) mass is 459 g/mol. The van der Waals surface area contributed by atoms with Gasteiger partial charge in [0.2, 0.25) is 6.17 Å². The van der Waals surface area contributed by atoms with E-state index in [0.29, 0.717) is 0 Å². The Kier molecular flexibility index (Phi) is 22.3. The van der Waals surface area contributed by atoms with Gasteiger partial charge in [-0.1, -0.05) is 172 Å². The first-order chi connectivity index (χ1) is 16.4. The molecule has 0 fully saturated rings. The summed E-state index contributed by atoms with van der Waals surface area (Å²) in [5, 5.41) is 0. The van der Waals surface area contributed by atoms with Gasteiger partial charge < -0.3 is 0 Å². The third-order valence-electron chi connectivity index (χ3n) is 7.46. The van der Waals surface area contributed by atoms with E-state index in [1.807, 2.05) is 12.4 Å². The van der Waals surface area contributed by atoms with Crippen LogP contribution >= 0.6 is 0 Å². The Morgan fingerprint density at radius 1 is 0.455 bits per heavy atom. The molecule has 0 N–H and O–H groups in total. The Balaban J connectivity index is 1.86. The zero-order valence-electron chi connectivity index (χ0n) is 22.8. The van der Waals surface area contributed by atoms with Crippen LogP contribution in [0.4, 0.5) is 0 Å². The minimum Gasteiger partial charge on any atom is -0.0968 e. The van der Waals surface area contributed by atoms with Crippen LogP contribution in [0.15, 0.2) is 9.98 Å². The largest absolute Gasteiger partial charge is 0.240 e. The highest BCUT2D eigenvalue weighted by Gasteiger charge is 2.15. The molecule has 0 spiro atoms. The molecular formula is C31H59N2+. The molecule has 0 saturated carbocycles. The van der Waals surface area contributed by atoms with Crippen LogP contribution in [0.5, 0.6) is 0 Å². The molecule has 1 aliphatic heterocycles. The molecule has 2 nitrogen and oxygen atoms in total. The summed E-state index contributed by atoms with van der Waals surface area (Å²) < 4.78 is 0. The van der Waals surface area contributed by atoms with E-state index in [4.69, 9.17) is 0 Å². The van der Waals surface area contributed by atoms with Crippen LogP contribution in [0.25, 0.3) is 0 Å². The first-order valence-electron chi connectivity index (χ1n) is 15.3. The second-order valence-electron chi connectivity index (χ2n) is 10.7. The Morgan fingerprint density at radius 3 is 1.27 bits per heavy atom. The molecule has 1 heterocycles. The van der Waals surface area contributed by atoms with E-state index in [-0.39, 0.29) is 0 Å². The van der Waals surface area contributed by atoms with Crippen molar-refractivity contribution in [1.82, 2.24) is 0 Å². The number of nitrogens with zero attached hydrogens (tertiary/aromatic N) is 2. The summed E-state index contributed by atoms with van der Waals surface area (Å²) in [4.78, 5) is 8.57. The number of hydrogen-bond donors (Lipinski definition) is 0. The fraction of sp³-hybridized carbons (Fsp3) is 0.903. The van der Waals surface area contributed by atoms with Crippen LogP contribution in [0, 0.1) is 12.1 Å². The van der Waals surface area contributed by atoms with Crippen molar-refractivity contribution in [2.75, 3.05) is 0 Å². The summed E-state index contributed by atoms with van der Waals surface area (Å²) in [6, 6.07) is 0. The predicted octanol–water partition coefficient (Wildman–Crippen LogP) is 11.0. The van der Waals surface area contributed by atoms with Gasteiger partial charge in [-0.05, 0) is 12.3 Å². The zero-order chi connectivity index (χ0) is 23.7. The lowest BCUT2D eigenvalue weighted by atomic mass is 9.90. The van der Waals surface area contributed by atoms with Crippen LogP contribution in [-0.4, -0.2) is 12.4 Å². The minimum atomic E-state index is 0.978. The maximum absolute atomic E-state index is 4.28. The van der Waals surface area contributed by atoms with Crippen molar-refractivity contribution < 1.29 is 0 Å². The van der Waals surface area contributed by atoms with E-state index < -0.39 is 0 Å². The molecule has 33 heavy (non-hydrogen) atoms. The number of hydrogen-bond acceptors (Lipinski definition) is 2. The SMILES string of the molecule is CCCCCCCCCCCCCCCCCCC(CCCC)CCCCC[C+]1N=CC=N1. The average Bonchev–Trinajstić information content (AvgIpc) is 3.35. The van der Waals surface area contributed by atoms with Gasteiger partial charge in [0.05, 0.1) is 6.42 Å². The van der Waals surface area contributed by atoms with Gasteiger partial charge in [-0.15, -0.1) is 0 Å². The summed E-state index contributed by atoms with van der Waals surface area (Å²) in [5.74, 6) is 0.978. The molecule has 1 aliphatic rings. The fourth-order valence-electron chi connectivity index (χ4n) is 5.20. The number of aliphatic imine (C=N–C) groups is 2. The van der Waals surface area contributed by atoms with E-state index in [1.165, 1.54) is 154 Å². The summed E-state index contributed by atoms with van der Waals surface area (Å²) in [6.07, 6.45) is 40.3. The summed E-state index contributed by atoms with van der Waals surface area (Å²) in [6.45, 7) is 4.64. The second-order valence-corrected chi connectivity index (χ2v) is 10.7. The summed E-state index contributed by atoms with van der Waals surface area (Å²) in [5.41, 5.74) is 0. The number of rotatable bonds is 26. The standard InChI is InChI=1S/C31H59N2/c1-3-5-7-8-9-10-11-12-13-14-15-16-17-18-19-21-25-30(24-6-4-2)26-22-20-23-27-31-32-28-29-33-31/h28-30H,3-27H2,1-2H3/q+1. The molecule has 2 heteroatoms. The number of unbranched alkanes of at least 4 members (excludes halogenated alkanes) is 18. The molecule has 0 bridgehead atoms. The smallest absolute Gasteiger partial charge is 0.0968 e. The average molecular weight is 460 g/mol. The molecule has 0 aromatic carbocycles. The summed E-state index contributed by atoms with van der Waals surface area (Å²) in [7, 11) is 0. The lowest BCUT2D eigenvalue weighted by Gasteiger charge is -2.16. The first kappa shape index (κ1) is 30.2. The molecule has 0 aliphatic carbocycles.